The molecule has 2 aliphatic rings. The van der Waals surface area contributed by atoms with Crippen molar-refractivity contribution in [1.82, 2.24) is 4.90 Å². The Bertz CT molecular complexity index is 185. The van der Waals surface area contributed by atoms with Crippen molar-refractivity contribution in [1.29, 1.82) is 0 Å². The molecule has 2 heteroatoms. The van der Waals surface area contributed by atoms with Gasteiger partial charge in [-0.25, -0.2) is 0 Å². The largest absolute Gasteiger partial charge is 0.330 e. The number of nitrogens with two attached hydrogens (primary N) is 1. The topological polar surface area (TPSA) is 29.3 Å². The smallest absolute Gasteiger partial charge is 0.0196 e. The first-order valence-electron chi connectivity index (χ1n) is 5.63. The van der Waals surface area contributed by atoms with Crippen LogP contribution < -0.4 is 5.73 Å². The van der Waals surface area contributed by atoms with Crippen molar-refractivity contribution in [3.8, 4) is 0 Å². The van der Waals surface area contributed by atoms with Crippen LogP contribution in [0.1, 0.15) is 39.5 Å². The summed E-state index contributed by atoms with van der Waals surface area (Å²) in [6.07, 6.45) is 5.51. The van der Waals surface area contributed by atoms with Crippen LogP contribution in [0.2, 0.25) is 0 Å². The van der Waals surface area contributed by atoms with Gasteiger partial charge in [0.05, 0.1) is 0 Å². The zero-order chi connectivity index (χ0) is 9.47. The van der Waals surface area contributed by atoms with Crippen molar-refractivity contribution >= 4 is 0 Å². The van der Waals surface area contributed by atoms with Crippen LogP contribution in [0, 0.1) is 5.92 Å². The fourth-order valence-corrected chi connectivity index (χ4v) is 2.83. The average molecular weight is 182 g/mol. The third-order valence-corrected chi connectivity index (χ3v) is 3.96. The highest BCUT2D eigenvalue weighted by molar-refractivity contribution is 4.99. The number of rotatable bonds is 2. The minimum absolute atomic E-state index is 0.355. The Balaban J connectivity index is 2.08. The first kappa shape index (κ1) is 9.47. The van der Waals surface area contributed by atoms with Gasteiger partial charge in [0.1, 0.15) is 0 Å². The van der Waals surface area contributed by atoms with Crippen LogP contribution in [0.4, 0.5) is 0 Å². The minimum Gasteiger partial charge on any atom is -0.330 e. The molecule has 13 heavy (non-hydrogen) atoms. The van der Waals surface area contributed by atoms with Crippen LogP contribution in [0.3, 0.4) is 0 Å². The van der Waals surface area contributed by atoms with Gasteiger partial charge in [-0.05, 0) is 58.5 Å². The summed E-state index contributed by atoms with van der Waals surface area (Å²) in [4.78, 5) is 2.70. The molecule has 0 radical (unpaired) electrons. The average Bonchev–Trinajstić information content (AvgIpc) is 2.86. The number of nitrogens with zero attached hydrogens (tertiary/aromatic N) is 1. The molecular formula is C11H22N2. The van der Waals surface area contributed by atoms with Gasteiger partial charge in [0.2, 0.25) is 0 Å². The molecular weight excluding hydrogens is 160 g/mol. The summed E-state index contributed by atoms with van der Waals surface area (Å²) in [6, 6.07) is 0.893. The van der Waals surface area contributed by atoms with Gasteiger partial charge in [0, 0.05) is 11.6 Å². The third kappa shape index (κ3) is 1.62. The monoisotopic (exact) mass is 182 g/mol. The molecule has 2 rings (SSSR count). The lowest BCUT2D eigenvalue weighted by Gasteiger charge is -2.48. The van der Waals surface area contributed by atoms with E-state index in [1.165, 1.54) is 32.2 Å². The second-order valence-electron chi connectivity index (χ2n) is 5.15. The maximum Gasteiger partial charge on any atom is 0.0196 e. The lowest BCUT2D eigenvalue weighted by molar-refractivity contribution is 0.0187. The van der Waals surface area contributed by atoms with Crippen LogP contribution in [0.25, 0.3) is 0 Å². The Morgan fingerprint density at radius 3 is 2.54 bits per heavy atom. The number of hydrogen-bond acceptors (Lipinski definition) is 2. The van der Waals surface area contributed by atoms with Gasteiger partial charge in [-0.1, -0.05) is 0 Å². The molecule has 1 aliphatic carbocycles. The molecule has 0 amide bonds. The molecule has 1 saturated carbocycles. The van der Waals surface area contributed by atoms with E-state index in [0.29, 0.717) is 11.5 Å². The molecule has 2 nitrogen and oxygen atoms in total. The highest BCUT2D eigenvalue weighted by Crippen LogP contribution is 2.40. The van der Waals surface area contributed by atoms with E-state index in [0.717, 1.165) is 12.6 Å². The molecule has 2 fully saturated rings. The van der Waals surface area contributed by atoms with Gasteiger partial charge < -0.3 is 5.73 Å². The number of hydrogen-bond donors (Lipinski definition) is 1. The number of likely N-dealkylation sites (tertiary alicyclic amines) is 1. The third-order valence-electron chi connectivity index (χ3n) is 3.96. The lowest BCUT2D eigenvalue weighted by atomic mass is 9.79. The Morgan fingerprint density at radius 2 is 2.00 bits per heavy atom. The molecule has 2 N–H and O–H groups in total. The quantitative estimate of drug-likeness (QED) is 0.703. The van der Waals surface area contributed by atoms with E-state index in [-0.39, 0.29) is 0 Å². The zero-order valence-electron chi connectivity index (χ0n) is 8.92. The fraction of sp³-hybridized carbons (Fsp3) is 1.00. The van der Waals surface area contributed by atoms with Crippen LogP contribution in [-0.2, 0) is 0 Å². The Morgan fingerprint density at radius 1 is 1.31 bits per heavy atom. The van der Waals surface area contributed by atoms with Crippen molar-refractivity contribution < 1.29 is 0 Å². The second-order valence-corrected chi connectivity index (χ2v) is 5.15. The van der Waals surface area contributed by atoms with E-state index >= 15 is 0 Å². The van der Waals surface area contributed by atoms with Gasteiger partial charge in [-0.3, -0.25) is 4.90 Å². The summed E-state index contributed by atoms with van der Waals surface area (Å²) >= 11 is 0. The summed E-state index contributed by atoms with van der Waals surface area (Å²) in [7, 11) is 0. The highest BCUT2D eigenvalue weighted by Gasteiger charge is 2.44. The highest BCUT2D eigenvalue weighted by atomic mass is 15.2. The van der Waals surface area contributed by atoms with Crippen LogP contribution >= 0.6 is 0 Å². The molecule has 0 spiro atoms. The molecule has 0 aromatic rings. The van der Waals surface area contributed by atoms with E-state index in [2.05, 4.69) is 18.7 Å². The molecule has 0 aromatic heterocycles. The predicted octanol–water partition coefficient (Wildman–Crippen LogP) is 1.60. The second kappa shape index (κ2) is 3.25. The summed E-state index contributed by atoms with van der Waals surface area (Å²) < 4.78 is 0. The van der Waals surface area contributed by atoms with Gasteiger partial charge in [-0.2, -0.15) is 0 Å². The maximum atomic E-state index is 5.83. The standard InChI is InChI=1S/C11H22N2/c1-11(2)9(8-12)4-3-7-13(11)10-5-6-10/h9-10H,3-8,12H2,1-2H3. The van der Waals surface area contributed by atoms with Crippen LogP contribution in [0.5, 0.6) is 0 Å². The van der Waals surface area contributed by atoms with Crippen LogP contribution in [0.15, 0.2) is 0 Å². The van der Waals surface area contributed by atoms with E-state index in [1.807, 2.05) is 0 Å². The summed E-state index contributed by atoms with van der Waals surface area (Å²) in [5.41, 5.74) is 6.19. The lowest BCUT2D eigenvalue weighted by Crippen LogP contribution is -2.56. The Kier molecular flexibility index (Phi) is 2.37. The van der Waals surface area contributed by atoms with Gasteiger partial charge in [0.15, 0.2) is 0 Å². The molecule has 0 aromatic carbocycles. The molecule has 1 unspecified atom stereocenters. The Labute approximate surface area is 81.5 Å². The van der Waals surface area contributed by atoms with Crippen molar-refractivity contribution in [3.05, 3.63) is 0 Å². The SMILES string of the molecule is CC1(C)C(CN)CCCN1C1CC1. The first-order chi connectivity index (χ1) is 6.16. The van der Waals surface area contributed by atoms with Crippen molar-refractivity contribution in [2.45, 2.75) is 51.1 Å². The van der Waals surface area contributed by atoms with E-state index in [4.69, 9.17) is 5.73 Å². The van der Waals surface area contributed by atoms with E-state index < -0.39 is 0 Å². The Hall–Kier alpha value is -0.0800. The normalized spacial score (nSPS) is 34.8. The van der Waals surface area contributed by atoms with Crippen molar-refractivity contribution in [2.24, 2.45) is 11.7 Å². The predicted molar refractivity (Wildman–Crippen MR) is 55.6 cm³/mol. The summed E-state index contributed by atoms with van der Waals surface area (Å²) in [5.74, 6) is 0.710. The van der Waals surface area contributed by atoms with Crippen LogP contribution in [-0.4, -0.2) is 29.6 Å². The van der Waals surface area contributed by atoms with E-state index in [1.54, 1.807) is 0 Å². The molecule has 0 bridgehead atoms. The van der Waals surface area contributed by atoms with Crippen molar-refractivity contribution in [3.63, 3.8) is 0 Å². The number of piperidine rings is 1. The molecule has 1 atom stereocenters. The summed E-state index contributed by atoms with van der Waals surface area (Å²) in [5, 5.41) is 0. The van der Waals surface area contributed by atoms with Crippen molar-refractivity contribution in [2.75, 3.05) is 13.1 Å². The fourth-order valence-electron chi connectivity index (χ4n) is 2.83. The van der Waals surface area contributed by atoms with E-state index in [9.17, 15) is 0 Å². The molecule has 76 valence electrons. The van der Waals surface area contributed by atoms with Gasteiger partial charge >= 0.3 is 0 Å². The molecule has 1 saturated heterocycles. The minimum atomic E-state index is 0.355. The van der Waals surface area contributed by atoms with Gasteiger partial charge in [-0.15, -0.1) is 0 Å². The van der Waals surface area contributed by atoms with Gasteiger partial charge in [0.25, 0.3) is 0 Å². The summed E-state index contributed by atoms with van der Waals surface area (Å²) in [6.45, 7) is 6.91. The molecule has 1 heterocycles. The molecule has 1 aliphatic heterocycles. The zero-order valence-corrected chi connectivity index (χ0v) is 8.92. The first-order valence-corrected chi connectivity index (χ1v) is 5.63. The maximum absolute atomic E-state index is 5.83.